The van der Waals surface area contributed by atoms with Crippen LogP contribution in [0, 0.1) is 5.92 Å². The molecule has 0 saturated carbocycles. The Morgan fingerprint density at radius 3 is 2.66 bits per heavy atom. The summed E-state index contributed by atoms with van der Waals surface area (Å²) < 4.78 is 11.0. The first-order valence-corrected chi connectivity index (χ1v) is 11.2. The Bertz CT molecular complexity index is 921. The first kappa shape index (κ1) is 26.4. The van der Waals surface area contributed by atoms with Crippen LogP contribution in [0.2, 0.25) is 0 Å². The standard InChI is InChI=1S/C26H35N3O2.V/c1-6-20(4)24-17-25(30-5)28-26(27-24)23-9-7-8-21(11-10-19(2)3)16-22(23)18-29-12-14-31-15-13-29;/h8-9,16-17,19H,1,7,10-15,18H2,2-5H3;. The Morgan fingerprint density at radius 1 is 1.25 bits per heavy atom. The maximum Gasteiger partial charge on any atom is 0.217 e. The minimum Gasteiger partial charge on any atom is -0.481 e. The number of hydrogen-bond donors (Lipinski definition) is 0. The van der Waals surface area contributed by atoms with Crippen molar-refractivity contribution in [3.8, 4) is 5.88 Å². The van der Waals surface area contributed by atoms with Gasteiger partial charge in [0.2, 0.25) is 5.88 Å². The SMILES string of the molecule is C=C=C(C)c1cc(OC)nc(C2=CCC=C(CCC(C)C)C=C2CN2CCOCC2)n1.[V]. The Labute approximate surface area is 204 Å². The molecule has 2 heterocycles. The van der Waals surface area contributed by atoms with E-state index in [1.807, 2.05) is 13.0 Å². The fraction of sp³-hybridized carbons (Fsp3) is 0.500. The van der Waals surface area contributed by atoms with Crippen LogP contribution in [-0.2, 0) is 23.3 Å². The van der Waals surface area contributed by atoms with Gasteiger partial charge in [-0.3, -0.25) is 4.90 Å². The van der Waals surface area contributed by atoms with E-state index in [1.165, 1.54) is 17.6 Å². The van der Waals surface area contributed by atoms with Crippen molar-refractivity contribution in [3.63, 3.8) is 0 Å². The average Bonchev–Trinajstić information content (AvgIpc) is 2.99. The minimum atomic E-state index is 0. The van der Waals surface area contributed by atoms with Crippen LogP contribution in [0.4, 0.5) is 0 Å². The zero-order valence-corrected chi connectivity index (χ0v) is 21.3. The number of allylic oxidation sites excluding steroid dienone is 5. The molecule has 1 aromatic rings. The van der Waals surface area contributed by atoms with Gasteiger partial charge in [0.15, 0.2) is 5.82 Å². The zero-order chi connectivity index (χ0) is 22.2. The quantitative estimate of drug-likeness (QED) is 0.494. The molecule has 0 atom stereocenters. The van der Waals surface area contributed by atoms with E-state index in [9.17, 15) is 0 Å². The van der Waals surface area contributed by atoms with Crippen molar-refractivity contribution in [3.05, 3.63) is 59.3 Å². The van der Waals surface area contributed by atoms with Crippen molar-refractivity contribution in [1.82, 2.24) is 14.9 Å². The van der Waals surface area contributed by atoms with Crippen molar-refractivity contribution in [2.75, 3.05) is 40.0 Å². The van der Waals surface area contributed by atoms with Crippen molar-refractivity contribution >= 4 is 11.1 Å². The summed E-state index contributed by atoms with van der Waals surface area (Å²) >= 11 is 0. The van der Waals surface area contributed by atoms with Crippen molar-refractivity contribution in [2.45, 2.75) is 40.0 Å². The van der Waals surface area contributed by atoms with Gasteiger partial charge >= 0.3 is 0 Å². The van der Waals surface area contributed by atoms with E-state index in [2.05, 4.69) is 49.3 Å². The van der Waals surface area contributed by atoms with Crippen molar-refractivity contribution in [2.24, 2.45) is 5.92 Å². The smallest absolute Gasteiger partial charge is 0.217 e. The average molecular weight is 473 g/mol. The Morgan fingerprint density at radius 2 is 2.00 bits per heavy atom. The summed E-state index contributed by atoms with van der Waals surface area (Å²) in [5.74, 6) is 1.94. The second kappa shape index (κ2) is 13.0. The fourth-order valence-electron chi connectivity index (χ4n) is 3.75. The molecule has 0 bridgehead atoms. The molecule has 1 aliphatic carbocycles. The molecular formula is C26H35N3O2V. The van der Waals surface area contributed by atoms with Gasteiger partial charge in [-0.1, -0.05) is 44.2 Å². The second-order valence-corrected chi connectivity index (χ2v) is 8.54. The van der Waals surface area contributed by atoms with Crippen LogP contribution in [0.15, 0.2) is 47.8 Å². The van der Waals surface area contributed by atoms with Gasteiger partial charge in [0, 0.05) is 55.4 Å². The number of aromatic nitrogens is 2. The molecule has 0 amide bonds. The summed E-state index contributed by atoms with van der Waals surface area (Å²) in [6, 6.07) is 1.84. The molecule has 0 unspecified atom stereocenters. The van der Waals surface area contributed by atoms with Gasteiger partial charge in [0.1, 0.15) is 0 Å². The number of nitrogens with zero attached hydrogens (tertiary/aromatic N) is 3. The van der Waals surface area contributed by atoms with Crippen molar-refractivity contribution in [1.29, 1.82) is 0 Å². The molecule has 2 aliphatic rings. The fourth-order valence-corrected chi connectivity index (χ4v) is 3.75. The molecule has 1 fully saturated rings. The number of rotatable bonds is 8. The molecule has 171 valence electrons. The van der Waals surface area contributed by atoms with E-state index >= 15 is 0 Å². The van der Waals surface area contributed by atoms with Crippen LogP contribution < -0.4 is 4.74 Å². The molecule has 32 heavy (non-hydrogen) atoms. The number of ether oxygens (including phenoxy) is 2. The molecule has 3 rings (SSSR count). The number of morpholine rings is 1. The Hall–Kier alpha value is -1.88. The summed E-state index contributed by atoms with van der Waals surface area (Å²) in [7, 11) is 1.64. The van der Waals surface area contributed by atoms with Crippen LogP contribution >= 0.6 is 0 Å². The van der Waals surface area contributed by atoms with E-state index < -0.39 is 0 Å². The predicted molar refractivity (Wildman–Crippen MR) is 127 cm³/mol. The van der Waals surface area contributed by atoms with Crippen LogP contribution in [-0.4, -0.2) is 54.8 Å². The van der Waals surface area contributed by atoms with Crippen LogP contribution in [0.5, 0.6) is 5.88 Å². The minimum absolute atomic E-state index is 0. The van der Waals surface area contributed by atoms with E-state index in [1.54, 1.807) is 7.11 Å². The van der Waals surface area contributed by atoms with E-state index in [-0.39, 0.29) is 18.6 Å². The third kappa shape index (κ3) is 7.33. The molecule has 6 heteroatoms. The predicted octanol–water partition coefficient (Wildman–Crippen LogP) is 5.08. The molecule has 5 nitrogen and oxygen atoms in total. The number of hydrogen-bond acceptors (Lipinski definition) is 5. The second-order valence-electron chi connectivity index (χ2n) is 8.54. The first-order valence-electron chi connectivity index (χ1n) is 11.2. The topological polar surface area (TPSA) is 47.5 Å². The summed E-state index contributed by atoms with van der Waals surface area (Å²) in [6.07, 6.45) is 10.1. The van der Waals surface area contributed by atoms with Gasteiger partial charge < -0.3 is 9.47 Å². The maximum atomic E-state index is 5.55. The largest absolute Gasteiger partial charge is 0.481 e. The van der Waals surface area contributed by atoms with Gasteiger partial charge in [0.05, 0.1) is 26.0 Å². The summed E-state index contributed by atoms with van der Waals surface area (Å²) in [5.41, 5.74) is 8.35. The molecule has 0 aromatic carbocycles. The zero-order valence-electron chi connectivity index (χ0n) is 19.9. The molecular weight excluding hydrogens is 437 g/mol. The molecule has 1 radical (unpaired) electrons. The molecule has 1 aliphatic heterocycles. The van der Waals surface area contributed by atoms with E-state index in [0.29, 0.717) is 17.6 Å². The van der Waals surface area contributed by atoms with E-state index in [4.69, 9.17) is 19.4 Å². The van der Waals surface area contributed by atoms with Crippen molar-refractivity contribution < 1.29 is 28.0 Å². The monoisotopic (exact) mass is 472 g/mol. The van der Waals surface area contributed by atoms with Gasteiger partial charge in [-0.25, -0.2) is 4.98 Å². The van der Waals surface area contributed by atoms with Crippen LogP contribution in [0.3, 0.4) is 0 Å². The van der Waals surface area contributed by atoms with Gasteiger partial charge in [-0.2, -0.15) is 4.98 Å². The number of methoxy groups -OCH3 is 1. The third-order valence-electron chi connectivity index (χ3n) is 5.72. The van der Waals surface area contributed by atoms with Gasteiger partial charge in [0.25, 0.3) is 0 Å². The normalized spacial score (nSPS) is 16.8. The van der Waals surface area contributed by atoms with E-state index in [0.717, 1.165) is 62.5 Å². The Kier molecular flexibility index (Phi) is 10.7. The summed E-state index contributed by atoms with van der Waals surface area (Å²) in [6.45, 7) is 14.6. The van der Waals surface area contributed by atoms with Crippen LogP contribution in [0.1, 0.15) is 51.6 Å². The van der Waals surface area contributed by atoms with Gasteiger partial charge in [-0.05, 0) is 37.7 Å². The summed E-state index contributed by atoms with van der Waals surface area (Å²) in [5, 5.41) is 0. The molecule has 0 N–H and O–H groups in total. The maximum absolute atomic E-state index is 5.55. The van der Waals surface area contributed by atoms with Gasteiger partial charge in [-0.15, -0.1) is 5.73 Å². The molecule has 0 spiro atoms. The summed E-state index contributed by atoms with van der Waals surface area (Å²) in [4.78, 5) is 12.0. The molecule has 1 saturated heterocycles. The van der Waals surface area contributed by atoms with Crippen LogP contribution in [0.25, 0.3) is 11.1 Å². The third-order valence-corrected chi connectivity index (χ3v) is 5.72. The Balaban J connectivity index is 0.00000363. The molecule has 1 aromatic heterocycles. The first-order chi connectivity index (χ1) is 15.0.